The van der Waals surface area contributed by atoms with Gasteiger partial charge in [0.25, 0.3) is 0 Å². The summed E-state index contributed by atoms with van der Waals surface area (Å²) in [6.45, 7) is 5.50. The van der Waals surface area contributed by atoms with Crippen molar-refractivity contribution in [2.75, 3.05) is 13.2 Å². The van der Waals surface area contributed by atoms with Crippen LogP contribution in [0.2, 0.25) is 0 Å². The molecule has 1 saturated heterocycles. The summed E-state index contributed by atoms with van der Waals surface area (Å²) >= 11 is 0. The minimum atomic E-state index is -0.200. The number of carbonyl (C=O) groups is 1. The summed E-state index contributed by atoms with van der Waals surface area (Å²) < 4.78 is 5.31. The van der Waals surface area contributed by atoms with Crippen molar-refractivity contribution in [3.8, 4) is 6.07 Å². The lowest BCUT2D eigenvalue weighted by Crippen LogP contribution is -2.41. The van der Waals surface area contributed by atoms with Crippen LogP contribution < -0.4 is 5.32 Å². The average molecular weight is 196 g/mol. The average Bonchev–Trinajstić information content (AvgIpc) is 2.52. The van der Waals surface area contributed by atoms with Crippen LogP contribution in [0.5, 0.6) is 0 Å². The maximum absolute atomic E-state index is 11.2. The smallest absolute Gasteiger partial charge is 0.234 e. The van der Waals surface area contributed by atoms with E-state index in [-0.39, 0.29) is 18.4 Å². The van der Waals surface area contributed by atoms with E-state index in [1.165, 1.54) is 0 Å². The van der Waals surface area contributed by atoms with Gasteiger partial charge in [-0.25, -0.2) is 0 Å². The number of ether oxygens (including phenoxy) is 1. The van der Waals surface area contributed by atoms with Crippen LogP contribution >= 0.6 is 0 Å². The zero-order valence-electron chi connectivity index (χ0n) is 8.62. The van der Waals surface area contributed by atoms with Crippen LogP contribution in [-0.4, -0.2) is 25.2 Å². The molecule has 2 unspecified atom stereocenters. The Kier molecular flexibility index (Phi) is 3.90. The van der Waals surface area contributed by atoms with Gasteiger partial charge in [0.1, 0.15) is 6.42 Å². The van der Waals surface area contributed by atoms with Crippen molar-refractivity contribution >= 4 is 5.91 Å². The van der Waals surface area contributed by atoms with E-state index >= 15 is 0 Å². The van der Waals surface area contributed by atoms with Gasteiger partial charge >= 0.3 is 0 Å². The first-order chi connectivity index (χ1) is 6.65. The molecule has 0 aliphatic carbocycles. The minimum absolute atomic E-state index is 0.0681. The van der Waals surface area contributed by atoms with E-state index in [1.807, 2.05) is 6.07 Å². The molecule has 1 aliphatic heterocycles. The zero-order valence-corrected chi connectivity index (χ0v) is 8.62. The molecule has 0 radical (unpaired) electrons. The highest BCUT2D eigenvalue weighted by Gasteiger charge is 2.31. The van der Waals surface area contributed by atoms with Gasteiger partial charge in [-0.05, 0) is 5.92 Å². The molecule has 1 fully saturated rings. The van der Waals surface area contributed by atoms with Gasteiger partial charge in [-0.15, -0.1) is 0 Å². The fourth-order valence-corrected chi connectivity index (χ4v) is 1.71. The number of nitriles is 1. The lowest BCUT2D eigenvalue weighted by atomic mass is 9.91. The highest BCUT2D eigenvalue weighted by atomic mass is 16.5. The van der Waals surface area contributed by atoms with Gasteiger partial charge in [0.2, 0.25) is 5.91 Å². The Morgan fingerprint density at radius 1 is 1.64 bits per heavy atom. The first-order valence-electron chi connectivity index (χ1n) is 4.89. The van der Waals surface area contributed by atoms with Crippen LogP contribution in [0, 0.1) is 23.2 Å². The quantitative estimate of drug-likeness (QED) is 0.722. The Balaban J connectivity index is 2.44. The Hall–Kier alpha value is -1.08. The van der Waals surface area contributed by atoms with E-state index < -0.39 is 0 Å². The monoisotopic (exact) mass is 196 g/mol. The van der Waals surface area contributed by atoms with Crippen molar-refractivity contribution in [2.24, 2.45) is 11.8 Å². The van der Waals surface area contributed by atoms with E-state index in [0.29, 0.717) is 25.0 Å². The zero-order chi connectivity index (χ0) is 10.6. The van der Waals surface area contributed by atoms with Crippen LogP contribution in [0.25, 0.3) is 0 Å². The van der Waals surface area contributed by atoms with Gasteiger partial charge in [-0.2, -0.15) is 5.26 Å². The lowest BCUT2D eigenvalue weighted by molar-refractivity contribution is -0.121. The molecule has 1 heterocycles. The Morgan fingerprint density at radius 2 is 2.36 bits per heavy atom. The SMILES string of the molecule is CC(C)C1COCC1NC(=O)CC#N. The molecule has 1 rings (SSSR count). The molecular formula is C10H16N2O2. The molecule has 0 saturated carbocycles. The summed E-state index contributed by atoms with van der Waals surface area (Å²) in [5, 5.41) is 11.2. The molecule has 78 valence electrons. The number of rotatable bonds is 3. The van der Waals surface area contributed by atoms with Crippen molar-refractivity contribution in [1.29, 1.82) is 5.26 Å². The molecule has 1 N–H and O–H groups in total. The third kappa shape index (κ3) is 2.71. The number of nitrogens with zero attached hydrogens (tertiary/aromatic N) is 1. The fourth-order valence-electron chi connectivity index (χ4n) is 1.71. The Morgan fingerprint density at radius 3 is 2.93 bits per heavy atom. The summed E-state index contributed by atoms with van der Waals surface area (Å²) in [5.41, 5.74) is 0. The van der Waals surface area contributed by atoms with Crippen molar-refractivity contribution in [1.82, 2.24) is 5.32 Å². The maximum Gasteiger partial charge on any atom is 0.234 e. The Bertz CT molecular complexity index is 245. The summed E-state index contributed by atoms with van der Waals surface area (Å²) in [6, 6.07) is 1.91. The topological polar surface area (TPSA) is 62.1 Å². The number of amides is 1. The molecule has 2 atom stereocenters. The highest BCUT2D eigenvalue weighted by Crippen LogP contribution is 2.21. The number of carbonyl (C=O) groups excluding carboxylic acids is 1. The van der Waals surface area contributed by atoms with Crippen LogP contribution in [0.1, 0.15) is 20.3 Å². The summed E-state index contributed by atoms with van der Waals surface area (Å²) in [5.74, 6) is 0.663. The molecular weight excluding hydrogens is 180 g/mol. The second kappa shape index (κ2) is 4.97. The standard InChI is InChI=1S/C10H16N2O2/c1-7(2)8-5-14-6-9(8)12-10(13)3-4-11/h7-9H,3,5-6H2,1-2H3,(H,12,13). The molecule has 0 bridgehead atoms. The van der Waals surface area contributed by atoms with Crippen LogP contribution in [0.4, 0.5) is 0 Å². The van der Waals surface area contributed by atoms with Gasteiger partial charge < -0.3 is 10.1 Å². The number of nitrogens with one attached hydrogen (secondary N) is 1. The van der Waals surface area contributed by atoms with Crippen LogP contribution in [0.3, 0.4) is 0 Å². The van der Waals surface area contributed by atoms with E-state index in [4.69, 9.17) is 10.00 Å². The molecule has 4 heteroatoms. The van der Waals surface area contributed by atoms with Crippen molar-refractivity contribution in [3.05, 3.63) is 0 Å². The maximum atomic E-state index is 11.2. The summed E-state index contributed by atoms with van der Waals surface area (Å²) in [7, 11) is 0. The Labute approximate surface area is 84.2 Å². The third-order valence-electron chi connectivity index (χ3n) is 2.57. The number of hydrogen-bond acceptors (Lipinski definition) is 3. The first kappa shape index (κ1) is 11.0. The van der Waals surface area contributed by atoms with E-state index in [1.54, 1.807) is 0 Å². The molecule has 1 aliphatic rings. The van der Waals surface area contributed by atoms with Crippen molar-refractivity contribution in [2.45, 2.75) is 26.3 Å². The van der Waals surface area contributed by atoms with E-state index in [0.717, 1.165) is 0 Å². The number of hydrogen-bond donors (Lipinski definition) is 1. The normalized spacial score (nSPS) is 26.1. The predicted molar refractivity (Wildman–Crippen MR) is 51.3 cm³/mol. The first-order valence-corrected chi connectivity index (χ1v) is 4.89. The van der Waals surface area contributed by atoms with Crippen LogP contribution in [0.15, 0.2) is 0 Å². The molecule has 0 aromatic rings. The summed E-state index contributed by atoms with van der Waals surface area (Å²) in [4.78, 5) is 11.2. The molecule has 14 heavy (non-hydrogen) atoms. The minimum Gasteiger partial charge on any atom is -0.379 e. The largest absolute Gasteiger partial charge is 0.379 e. The predicted octanol–water partition coefficient (Wildman–Crippen LogP) is 0.687. The molecule has 1 amide bonds. The molecule has 0 spiro atoms. The van der Waals surface area contributed by atoms with Gasteiger partial charge in [0.05, 0.1) is 25.3 Å². The van der Waals surface area contributed by atoms with Gasteiger partial charge in [0, 0.05) is 5.92 Å². The van der Waals surface area contributed by atoms with Crippen LogP contribution in [-0.2, 0) is 9.53 Å². The van der Waals surface area contributed by atoms with Gasteiger partial charge in [-0.3, -0.25) is 4.79 Å². The fraction of sp³-hybridized carbons (Fsp3) is 0.800. The highest BCUT2D eigenvalue weighted by molar-refractivity contribution is 5.78. The third-order valence-corrected chi connectivity index (χ3v) is 2.57. The lowest BCUT2D eigenvalue weighted by Gasteiger charge is -2.21. The second-order valence-electron chi connectivity index (χ2n) is 3.95. The second-order valence-corrected chi connectivity index (χ2v) is 3.95. The molecule has 4 nitrogen and oxygen atoms in total. The summed E-state index contributed by atoms with van der Waals surface area (Å²) in [6.07, 6.45) is -0.0681. The van der Waals surface area contributed by atoms with Gasteiger partial charge in [-0.1, -0.05) is 13.8 Å². The van der Waals surface area contributed by atoms with Crippen molar-refractivity contribution < 1.29 is 9.53 Å². The van der Waals surface area contributed by atoms with E-state index in [9.17, 15) is 4.79 Å². The molecule has 0 aromatic carbocycles. The molecule has 0 aromatic heterocycles. The van der Waals surface area contributed by atoms with E-state index in [2.05, 4.69) is 19.2 Å². The van der Waals surface area contributed by atoms with Crippen molar-refractivity contribution in [3.63, 3.8) is 0 Å². The van der Waals surface area contributed by atoms with Gasteiger partial charge in [0.15, 0.2) is 0 Å².